The summed E-state index contributed by atoms with van der Waals surface area (Å²) in [5.74, 6) is 1.23. The molecule has 2 aromatic heterocycles. The summed E-state index contributed by atoms with van der Waals surface area (Å²) in [5.41, 5.74) is 6.58. The highest BCUT2D eigenvalue weighted by atomic mass is 16.7. The van der Waals surface area contributed by atoms with E-state index in [1.54, 1.807) is 16.8 Å². The predicted molar refractivity (Wildman–Crippen MR) is 130 cm³/mol. The number of fused-ring (bicyclic) bond motifs is 6. The van der Waals surface area contributed by atoms with Gasteiger partial charge in [-0.05, 0) is 36.9 Å². The maximum Gasteiger partial charge on any atom is 0.270 e. The molecule has 10 nitrogen and oxygen atoms in total. The predicted octanol–water partition coefficient (Wildman–Crippen LogP) is 3.06. The van der Waals surface area contributed by atoms with Gasteiger partial charge in [0.1, 0.15) is 0 Å². The molecule has 0 atom stereocenters. The van der Waals surface area contributed by atoms with Crippen LogP contribution < -0.4 is 26.1 Å². The number of ether oxygens (including phenoxy) is 2. The first-order valence-electron chi connectivity index (χ1n) is 11.3. The number of aromatic nitrogens is 2. The Morgan fingerprint density at radius 2 is 1.85 bits per heavy atom. The summed E-state index contributed by atoms with van der Waals surface area (Å²) in [6.07, 6.45) is 4.40. The lowest BCUT2D eigenvalue weighted by molar-refractivity contribution is -0.384. The highest BCUT2D eigenvalue weighted by Crippen LogP contribution is 2.38. The molecule has 0 radical (unpaired) electrons. The van der Waals surface area contributed by atoms with Gasteiger partial charge in [0.25, 0.3) is 11.2 Å². The molecule has 1 aliphatic heterocycles. The van der Waals surface area contributed by atoms with E-state index in [0.717, 1.165) is 48.6 Å². The minimum atomic E-state index is -0.485. The zero-order valence-corrected chi connectivity index (χ0v) is 18.6. The molecule has 2 aromatic carbocycles. The second kappa shape index (κ2) is 9.24. The molecule has 0 saturated heterocycles. The van der Waals surface area contributed by atoms with Crippen molar-refractivity contribution in [1.82, 2.24) is 14.9 Å². The summed E-state index contributed by atoms with van der Waals surface area (Å²) in [6.45, 7) is 2.87. The fourth-order valence-electron chi connectivity index (χ4n) is 4.50. The SMILES string of the molecule is NCCNCCCCCn1c(=O)c2cc([N+](=O)[O-])ccc2c2cnc3cc4c(cc3c21)OCO4. The van der Waals surface area contributed by atoms with E-state index in [0.29, 0.717) is 40.9 Å². The number of pyridine rings is 2. The Labute approximate surface area is 194 Å². The topological polar surface area (TPSA) is 135 Å². The van der Waals surface area contributed by atoms with Gasteiger partial charge in [0.2, 0.25) is 6.79 Å². The second-order valence-corrected chi connectivity index (χ2v) is 8.29. The van der Waals surface area contributed by atoms with Crippen LogP contribution in [0.5, 0.6) is 11.5 Å². The van der Waals surface area contributed by atoms with Crippen molar-refractivity contribution in [3.63, 3.8) is 0 Å². The van der Waals surface area contributed by atoms with Crippen molar-refractivity contribution in [3.05, 3.63) is 57.0 Å². The van der Waals surface area contributed by atoms with Crippen LogP contribution in [0.2, 0.25) is 0 Å². The summed E-state index contributed by atoms with van der Waals surface area (Å²) in [6, 6.07) is 8.08. The molecule has 176 valence electrons. The Kier molecular flexibility index (Phi) is 5.99. The highest BCUT2D eigenvalue weighted by Gasteiger charge is 2.20. The number of nitrogens with one attached hydrogen (secondary N) is 1. The van der Waals surface area contributed by atoms with Crippen LogP contribution in [0.25, 0.3) is 32.6 Å². The van der Waals surface area contributed by atoms with E-state index in [-0.39, 0.29) is 18.0 Å². The molecule has 4 aromatic rings. The minimum absolute atomic E-state index is 0.112. The van der Waals surface area contributed by atoms with Crippen molar-refractivity contribution < 1.29 is 14.4 Å². The van der Waals surface area contributed by atoms with E-state index in [1.165, 1.54) is 12.1 Å². The monoisotopic (exact) mass is 463 g/mol. The number of nitro groups is 1. The van der Waals surface area contributed by atoms with E-state index < -0.39 is 4.92 Å². The summed E-state index contributed by atoms with van der Waals surface area (Å²) in [4.78, 5) is 29.1. The summed E-state index contributed by atoms with van der Waals surface area (Å²) in [7, 11) is 0. The molecule has 0 bridgehead atoms. The van der Waals surface area contributed by atoms with E-state index in [2.05, 4.69) is 10.3 Å². The Hall–Kier alpha value is -3.76. The van der Waals surface area contributed by atoms with Gasteiger partial charge < -0.3 is 25.1 Å². The van der Waals surface area contributed by atoms with Crippen LogP contribution in [0, 0.1) is 10.1 Å². The van der Waals surface area contributed by atoms with Crippen LogP contribution >= 0.6 is 0 Å². The van der Waals surface area contributed by atoms with Gasteiger partial charge >= 0.3 is 0 Å². The smallest absolute Gasteiger partial charge is 0.270 e. The van der Waals surface area contributed by atoms with E-state index in [4.69, 9.17) is 15.2 Å². The van der Waals surface area contributed by atoms with Crippen LogP contribution in [-0.4, -0.2) is 40.9 Å². The second-order valence-electron chi connectivity index (χ2n) is 8.29. The third kappa shape index (κ3) is 3.91. The first kappa shape index (κ1) is 22.1. The number of nitro benzene ring substituents is 1. The number of nitrogens with zero attached hydrogens (tertiary/aromatic N) is 3. The van der Waals surface area contributed by atoms with E-state index >= 15 is 0 Å². The Balaban J connectivity index is 1.65. The number of benzene rings is 2. The van der Waals surface area contributed by atoms with Crippen molar-refractivity contribution in [3.8, 4) is 11.5 Å². The zero-order valence-electron chi connectivity index (χ0n) is 18.6. The summed E-state index contributed by atoms with van der Waals surface area (Å²) >= 11 is 0. The molecule has 0 aliphatic carbocycles. The van der Waals surface area contributed by atoms with E-state index in [1.807, 2.05) is 12.1 Å². The number of hydrogen-bond donors (Lipinski definition) is 2. The molecule has 0 fully saturated rings. The molecule has 3 N–H and O–H groups in total. The highest BCUT2D eigenvalue weighted by molar-refractivity contribution is 6.14. The average Bonchev–Trinajstić information content (AvgIpc) is 3.30. The molecule has 0 amide bonds. The van der Waals surface area contributed by atoms with Crippen molar-refractivity contribution in [1.29, 1.82) is 0 Å². The van der Waals surface area contributed by atoms with Gasteiger partial charge in [0.15, 0.2) is 11.5 Å². The first-order chi connectivity index (χ1) is 16.6. The lowest BCUT2D eigenvalue weighted by Crippen LogP contribution is -2.24. The Bertz CT molecular complexity index is 1470. The number of nitrogens with two attached hydrogens (primary N) is 1. The van der Waals surface area contributed by atoms with Crippen molar-refractivity contribution in [2.75, 3.05) is 26.4 Å². The maximum atomic E-state index is 13.6. The molecule has 10 heteroatoms. The van der Waals surface area contributed by atoms with Gasteiger partial charge in [-0.15, -0.1) is 0 Å². The lowest BCUT2D eigenvalue weighted by Gasteiger charge is -2.15. The number of unbranched alkanes of at least 4 members (excludes halogenated alkanes) is 2. The van der Waals surface area contributed by atoms with Crippen LogP contribution in [0.3, 0.4) is 0 Å². The van der Waals surface area contributed by atoms with Gasteiger partial charge in [-0.2, -0.15) is 0 Å². The van der Waals surface area contributed by atoms with Gasteiger partial charge in [-0.1, -0.05) is 6.42 Å². The quantitative estimate of drug-likeness (QED) is 0.167. The summed E-state index contributed by atoms with van der Waals surface area (Å²) < 4.78 is 12.8. The Morgan fingerprint density at radius 3 is 2.65 bits per heavy atom. The number of rotatable bonds is 9. The Morgan fingerprint density at radius 1 is 1.03 bits per heavy atom. The zero-order chi connectivity index (χ0) is 23.7. The number of non-ortho nitro benzene ring substituents is 1. The van der Waals surface area contributed by atoms with Crippen molar-refractivity contribution in [2.45, 2.75) is 25.8 Å². The normalized spacial score (nSPS) is 12.7. The van der Waals surface area contributed by atoms with Crippen molar-refractivity contribution >= 4 is 38.3 Å². The molecule has 5 rings (SSSR count). The van der Waals surface area contributed by atoms with Gasteiger partial charge in [0.05, 0.1) is 21.3 Å². The molecule has 1 aliphatic rings. The molecule has 3 heterocycles. The minimum Gasteiger partial charge on any atom is -0.454 e. The molecule has 0 unspecified atom stereocenters. The maximum absolute atomic E-state index is 13.6. The molecular weight excluding hydrogens is 438 g/mol. The van der Waals surface area contributed by atoms with Gasteiger partial charge in [0, 0.05) is 54.8 Å². The molecule has 0 saturated carbocycles. The lowest BCUT2D eigenvalue weighted by atomic mass is 10.0. The largest absolute Gasteiger partial charge is 0.454 e. The third-order valence-electron chi connectivity index (χ3n) is 6.14. The molecule has 34 heavy (non-hydrogen) atoms. The van der Waals surface area contributed by atoms with E-state index in [9.17, 15) is 14.9 Å². The number of aryl methyl sites for hydroxylation is 1. The fraction of sp³-hybridized carbons (Fsp3) is 0.333. The summed E-state index contributed by atoms with van der Waals surface area (Å²) in [5, 5.41) is 17.1. The van der Waals surface area contributed by atoms with Gasteiger partial charge in [-0.3, -0.25) is 19.9 Å². The van der Waals surface area contributed by atoms with Crippen LogP contribution in [0.4, 0.5) is 5.69 Å². The van der Waals surface area contributed by atoms with Crippen molar-refractivity contribution in [2.24, 2.45) is 5.73 Å². The third-order valence-corrected chi connectivity index (χ3v) is 6.14. The first-order valence-corrected chi connectivity index (χ1v) is 11.3. The number of hydrogen-bond acceptors (Lipinski definition) is 8. The van der Waals surface area contributed by atoms with Gasteiger partial charge in [-0.25, -0.2) is 0 Å². The van der Waals surface area contributed by atoms with Crippen LogP contribution in [0.15, 0.2) is 41.3 Å². The molecular formula is C24H25N5O5. The fourth-order valence-corrected chi connectivity index (χ4v) is 4.50. The molecule has 0 spiro atoms. The van der Waals surface area contributed by atoms with Crippen LogP contribution in [0.1, 0.15) is 19.3 Å². The average molecular weight is 463 g/mol. The standard InChI is InChI=1S/C24H25N5O5/c25-6-8-26-7-2-1-3-9-28-23-18-11-21-22(34-14-33-21)12-20(18)27-13-19(23)16-5-4-15(29(31)32)10-17(16)24(28)30/h4-5,10-13,26H,1-3,6-9,14,25H2. The van der Waals surface area contributed by atoms with Crippen LogP contribution in [-0.2, 0) is 6.54 Å².